The van der Waals surface area contributed by atoms with E-state index in [9.17, 15) is 0 Å². The van der Waals surface area contributed by atoms with E-state index in [4.69, 9.17) is 4.74 Å². The molecule has 2 aromatic carbocycles. The van der Waals surface area contributed by atoms with Crippen molar-refractivity contribution in [2.75, 3.05) is 7.11 Å². The van der Waals surface area contributed by atoms with E-state index in [2.05, 4.69) is 40.2 Å². The Morgan fingerprint density at radius 1 is 1.07 bits per heavy atom. The van der Waals surface area contributed by atoms with Crippen molar-refractivity contribution in [3.8, 4) is 5.75 Å². The molecule has 0 saturated carbocycles. The maximum atomic E-state index is 5.17. The lowest BCUT2D eigenvalue weighted by atomic mass is 10.1. The maximum Gasteiger partial charge on any atom is 0.119 e. The quantitative estimate of drug-likeness (QED) is 0.738. The van der Waals surface area contributed by atoms with E-state index in [1.54, 1.807) is 7.11 Å². The molecule has 0 aliphatic carbocycles. The van der Waals surface area contributed by atoms with Gasteiger partial charge < -0.3 is 4.74 Å². The molecule has 0 aromatic heterocycles. The first-order valence-electron chi connectivity index (χ1n) is 4.46. The van der Waals surface area contributed by atoms with Gasteiger partial charge in [0.2, 0.25) is 0 Å². The van der Waals surface area contributed by atoms with Crippen LogP contribution in [0.25, 0.3) is 10.8 Å². The van der Waals surface area contributed by atoms with Crippen molar-refractivity contribution in [2.45, 2.75) is 5.33 Å². The smallest absolute Gasteiger partial charge is 0.119 e. The molecule has 0 aliphatic heterocycles. The van der Waals surface area contributed by atoms with Gasteiger partial charge in [-0.25, -0.2) is 0 Å². The van der Waals surface area contributed by atoms with Crippen LogP contribution in [-0.2, 0) is 5.33 Å². The Balaban J connectivity index is 2.57. The predicted octanol–water partition coefficient (Wildman–Crippen LogP) is 3.74. The highest BCUT2D eigenvalue weighted by Crippen LogP contribution is 2.22. The zero-order valence-electron chi connectivity index (χ0n) is 7.96. The van der Waals surface area contributed by atoms with Crippen LogP contribution < -0.4 is 4.74 Å². The first kappa shape index (κ1) is 9.53. The molecular formula is C12H11BrO. The SMILES string of the molecule is COc1ccc2cc(CBr)ccc2c1. The van der Waals surface area contributed by atoms with Crippen molar-refractivity contribution >= 4 is 26.7 Å². The third-order valence-corrected chi connectivity index (χ3v) is 2.91. The number of hydrogen-bond acceptors (Lipinski definition) is 1. The number of halogens is 1. The largest absolute Gasteiger partial charge is 0.497 e. The third kappa shape index (κ3) is 1.75. The molecule has 0 N–H and O–H groups in total. The number of alkyl halides is 1. The third-order valence-electron chi connectivity index (χ3n) is 2.27. The molecule has 0 amide bonds. The molecule has 0 bridgehead atoms. The van der Waals surface area contributed by atoms with Crippen LogP contribution in [0.1, 0.15) is 5.56 Å². The Bertz CT molecular complexity index is 408. The van der Waals surface area contributed by atoms with Crippen molar-refractivity contribution in [3.63, 3.8) is 0 Å². The van der Waals surface area contributed by atoms with Crippen LogP contribution in [0.5, 0.6) is 5.75 Å². The van der Waals surface area contributed by atoms with Gasteiger partial charge >= 0.3 is 0 Å². The molecule has 0 aliphatic rings. The molecule has 0 radical (unpaired) electrons. The minimum Gasteiger partial charge on any atom is -0.497 e. The summed E-state index contributed by atoms with van der Waals surface area (Å²) in [5.74, 6) is 0.907. The second-order valence-electron chi connectivity index (χ2n) is 3.18. The van der Waals surface area contributed by atoms with Gasteiger partial charge in [-0.05, 0) is 28.5 Å². The first-order valence-corrected chi connectivity index (χ1v) is 5.58. The van der Waals surface area contributed by atoms with Crippen molar-refractivity contribution in [3.05, 3.63) is 42.0 Å². The molecule has 2 heteroatoms. The summed E-state index contributed by atoms with van der Waals surface area (Å²) in [4.78, 5) is 0. The van der Waals surface area contributed by atoms with Crippen LogP contribution in [-0.4, -0.2) is 7.11 Å². The van der Waals surface area contributed by atoms with Crippen LogP contribution in [0.4, 0.5) is 0 Å². The summed E-state index contributed by atoms with van der Waals surface area (Å²) in [5.41, 5.74) is 1.29. The number of fused-ring (bicyclic) bond motifs is 1. The van der Waals surface area contributed by atoms with E-state index >= 15 is 0 Å². The van der Waals surface area contributed by atoms with Crippen molar-refractivity contribution in [1.29, 1.82) is 0 Å². The monoisotopic (exact) mass is 250 g/mol. The minimum atomic E-state index is 0.898. The summed E-state index contributed by atoms with van der Waals surface area (Å²) >= 11 is 3.45. The van der Waals surface area contributed by atoms with E-state index in [0.29, 0.717) is 0 Å². The number of rotatable bonds is 2. The summed E-state index contributed by atoms with van der Waals surface area (Å²) in [6.07, 6.45) is 0. The van der Waals surface area contributed by atoms with Gasteiger partial charge in [-0.15, -0.1) is 0 Å². The van der Waals surface area contributed by atoms with E-state index in [1.807, 2.05) is 12.1 Å². The molecule has 0 saturated heterocycles. The second kappa shape index (κ2) is 4.01. The minimum absolute atomic E-state index is 0.898. The zero-order valence-corrected chi connectivity index (χ0v) is 9.54. The summed E-state index contributed by atoms with van der Waals surface area (Å²) in [7, 11) is 1.69. The lowest BCUT2D eigenvalue weighted by molar-refractivity contribution is 0.415. The second-order valence-corrected chi connectivity index (χ2v) is 3.74. The van der Waals surface area contributed by atoms with E-state index in [-0.39, 0.29) is 0 Å². The highest BCUT2D eigenvalue weighted by atomic mass is 79.9. The van der Waals surface area contributed by atoms with Crippen LogP contribution in [0, 0.1) is 0 Å². The fourth-order valence-corrected chi connectivity index (χ4v) is 1.83. The molecule has 72 valence electrons. The Kier molecular flexibility index (Phi) is 2.73. The highest BCUT2D eigenvalue weighted by molar-refractivity contribution is 9.08. The maximum absolute atomic E-state index is 5.17. The van der Waals surface area contributed by atoms with Gasteiger partial charge in [0.25, 0.3) is 0 Å². The Morgan fingerprint density at radius 2 is 1.79 bits per heavy atom. The van der Waals surface area contributed by atoms with E-state index < -0.39 is 0 Å². The van der Waals surface area contributed by atoms with E-state index in [0.717, 1.165) is 11.1 Å². The Labute approximate surface area is 91.8 Å². The summed E-state index contributed by atoms with van der Waals surface area (Å²) in [6.45, 7) is 0. The van der Waals surface area contributed by atoms with Gasteiger partial charge in [0.1, 0.15) is 5.75 Å². The summed E-state index contributed by atoms with van der Waals surface area (Å²) in [6, 6.07) is 12.5. The standard InChI is InChI=1S/C12H11BrO/c1-14-12-5-4-10-6-9(8-13)2-3-11(10)7-12/h2-7H,8H2,1H3. The molecule has 0 spiro atoms. The fourth-order valence-electron chi connectivity index (χ4n) is 1.48. The highest BCUT2D eigenvalue weighted by Gasteiger charge is 1.97. The Morgan fingerprint density at radius 3 is 2.50 bits per heavy atom. The lowest BCUT2D eigenvalue weighted by Crippen LogP contribution is -1.83. The fraction of sp³-hybridized carbons (Fsp3) is 0.167. The number of benzene rings is 2. The van der Waals surface area contributed by atoms with Gasteiger partial charge in [-0.3, -0.25) is 0 Å². The molecular weight excluding hydrogens is 240 g/mol. The number of methoxy groups -OCH3 is 1. The topological polar surface area (TPSA) is 9.23 Å². The van der Waals surface area contributed by atoms with Gasteiger partial charge in [0, 0.05) is 5.33 Å². The molecule has 0 heterocycles. The van der Waals surface area contributed by atoms with Gasteiger partial charge in [0.05, 0.1) is 7.11 Å². The van der Waals surface area contributed by atoms with Crippen LogP contribution >= 0.6 is 15.9 Å². The summed E-state index contributed by atoms with van der Waals surface area (Å²) < 4.78 is 5.17. The van der Waals surface area contributed by atoms with Gasteiger partial charge in [0.15, 0.2) is 0 Å². The van der Waals surface area contributed by atoms with Crippen LogP contribution in [0.3, 0.4) is 0 Å². The first-order chi connectivity index (χ1) is 6.83. The molecule has 2 aromatic rings. The van der Waals surface area contributed by atoms with Crippen molar-refractivity contribution < 1.29 is 4.74 Å². The molecule has 14 heavy (non-hydrogen) atoms. The number of hydrogen-bond donors (Lipinski definition) is 0. The lowest BCUT2D eigenvalue weighted by Gasteiger charge is -2.03. The Hall–Kier alpha value is -1.02. The molecule has 2 rings (SSSR count). The average Bonchev–Trinajstić information content (AvgIpc) is 2.27. The van der Waals surface area contributed by atoms with Gasteiger partial charge in [-0.2, -0.15) is 0 Å². The van der Waals surface area contributed by atoms with Gasteiger partial charge in [-0.1, -0.05) is 40.2 Å². The van der Waals surface area contributed by atoms with Crippen LogP contribution in [0.2, 0.25) is 0 Å². The average molecular weight is 251 g/mol. The molecule has 0 unspecified atom stereocenters. The number of ether oxygens (including phenoxy) is 1. The van der Waals surface area contributed by atoms with Crippen molar-refractivity contribution in [1.82, 2.24) is 0 Å². The van der Waals surface area contributed by atoms with Crippen molar-refractivity contribution in [2.24, 2.45) is 0 Å². The zero-order chi connectivity index (χ0) is 9.97. The van der Waals surface area contributed by atoms with Crippen LogP contribution in [0.15, 0.2) is 36.4 Å². The predicted molar refractivity (Wildman–Crippen MR) is 63.1 cm³/mol. The van der Waals surface area contributed by atoms with E-state index in [1.165, 1.54) is 16.3 Å². The summed E-state index contributed by atoms with van der Waals surface area (Å²) in [5, 5.41) is 3.37. The molecule has 1 nitrogen and oxygen atoms in total. The normalized spacial score (nSPS) is 10.4. The molecule has 0 fully saturated rings. The molecule has 0 atom stereocenters.